The van der Waals surface area contributed by atoms with Gasteiger partial charge < -0.3 is 10.1 Å². The summed E-state index contributed by atoms with van der Waals surface area (Å²) in [5.41, 5.74) is 1.35. The zero-order valence-electron chi connectivity index (χ0n) is 15.5. The highest BCUT2D eigenvalue weighted by atomic mass is 35.5. The Labute approximate surface area is 182 Å². The van der Waals surface area contributed by atoms with Crippen molar-refractivity contribution in [1.82, 2.24) is 4.31 Å². The van der Waals surface area contributed by atoms with Gasteiger partial charge in [0.15, 0.2) is 6.61 Å². The molecule has 1 N–H and O–H groups in total. The molecule has 1 saturated heterocycles. The van der Waals surface area contributed by atoms with Gasteiger partial charge in [-0.2, -0.15) is 16.1 Å². The zero-order chi connectivity index (χ0) is 21.0. The van der Waals surface area contributed by atoms with Crippen molar-refractivity contribution >= 4 is 62.3 Å². The monoisotopic (exact) mass is 474 g/mol. The molecule has 1 fully saturated rings. The van der Waals surface area contributed by atoms with Gasteiger partial charge in [-0.1, -0.05) is 17.7 Å². The summed E-state index contributed by atoms with van der Waals surface area (Å²) in [4.78, 5) is 24.4. The van der Waals surface area contributed by atoms with Crippen LogP contribution >= 0.6 is 34.7 Å². The predicted molar refractivity (Wildman–Crippen MR) is 116 cm³/mol. The number of ether oxygens (including phenoxy) is 1. The first-order valence-corrected chi connectivity index (χ1v) is 12.5. The minimum absolute atomic E-state index is 0.0376. The van der Waals surface area contributed by atoms with Crippen LogP contribution in [-0.4, -0.2) is 55.8 Å². The van der Waals surface area contributed by atoms with Crippen LogP contribution < -0.4 is 5.32 Å². The van der Waals surface area contributed by atoms with Gasteiger partial charge in [0, 0.05) is 24.6 Å². The molecule has 1 aromatic heterocycles. The summed E-state index contributed by atoms with van der Waals surface area (Å²) >= 11 is 8.73. The maximum atomic E-state index is 12.8. The Bertz CT molecular complexity index is 1020. The van der Waals surface area contributed by atoms with Crippen LogP contribution in [-0.2, 0) is 19.6 Å². The molecule has 0 radical (unpaired) electrons. The maximum Gasteiger partial charge on any atom is 0.350 e. The van der Waals surface area contributed by atoms with Crippen molar-refractivity contribution in [3.05, 3.63) is 45.1 Å². The third kappa shape index (κ3) is 5.32. The Balaban J connectivity index is 1.64. The standard InChI is InChI=1S/C18H19ClN2O5S3/c1-12-2-3-14(13(19)10-12)20-16(22)11-26-18(23)17-15(4-7-28-17)29(24,25)21-5-8-27-9-6-21/h2-4,7,10H,5-6,8-9,11H2,1H3,(H,20,22). The number of aryl methyl sites for hydroxylation is 1. The topological polar surface area (TPSA) is 92.8 Å². The van der Waals surface area contributed by atoms with Crippen molar-refractivity contribution in [3.8, 4) is 0 Å². The normalized spacial score (nSPS) is 15.1. The Hall–Kier alpha value is -1.59. The molecule has 0 bridgehead atoms. The molecule has 0 atom stereocenters. The Kier molecular flexibility index (Phi) is 7.23. The number of nitrogens with zero attached hydrogens (tertiary/aromatic N) is 1. The van der Waals surface area contributed by atoms with Gasteiger partial charge >= 0.3 is 5.97 Å². The van der Waals surface area contributed by atoms with Gasteiger partial charge in [0.1, 0.15) is 9.77 Å². The average Bonchev–Trinajstić information content (AvgIpc) is 3.20. The lowest BCUT2D eigenvalue weighted by Gasteiger charge is -2.25. The number of halogens is 1. The van der Waals surface area contributed by atoms with Gasteiger partial charge in [0.25, 0.3) is 5.91 Å². The molecule has 1 amide bonds. The van der Waals surface area contributed by atoms with Crippen LogP contribution in [0.25, 0.3) is 0 Å². The molecule has 0 saturated carbocycles. The molecule has 2 heterocycles. The van der Waals surface area contributed by atoms with Crippen LogP contribution in [0.1, 0.15) is 15.2 Å². The predicted octanol–water partition coefficient (Wildman–Crippen LogP) is 3.24. The number of hydrogen-bond acceptors (Lipinski definition) is 7. The number of carbonyl (C=O) groups excluding carboxylic acids is 2. The van der Waals surface area contributed by atoms with Gasteiger partial charge in [0.2, 0.25) is 10.0 Å². The van der Waals surface area contributed by atoms with Crippen LogP contribution in [0, 0.1) is 6.92 Å². The quantitative estimate of drug-likeness (QED) is 0.646. The summed E-state index contributed by atoms with van der Waals surface area (Å²) in [5, 5.41) is 4.45. The first-order valence-electron chi connectivity index (χ1n) is 8.67. The number of sulfonamides is 1. The summed E-state index contributed by atoms with van der Waals surface area (Å²) in [5.74, 6) is 0.00343. The maximum absolute atomic E-state index is 12.8. The van der Waals surface area contributed by atoms with E-state index in [0.717, 1.165) is 16.9 Å². The molecule has 7 nitrogen and oxygen atoms in total. The lowest BCUT2D eigenvalue weighted by atomic mass is 10.2. The van der Waals surface area contributed by atoms with E-state index < -0.39 is 28.5 Å². The highest BCUT2D eigenvalue weighted by molar-refractivity contribution is 7.99. The SMILES string of the molecule is Cc1ccc(NC(=O)COC(=O)c2sccc2S(=O)(=O)N2CCSCC2)c(Cl)c1. The second-order valence-corrected chi connectivity index (χ2v) is 10.7. The summed E-state index contributed by atoms with van der Waals surface area (Å²) < 4.78 is 32.1. The summed E-state index contributed by atoms with van der Waals surface area (Å²) in [6.07, 6.45) is 0. The van der Waals surface area contributed by atoms with Crippen molar-refractivity contribution in [2.24, 2.45) is 0 Å². The number of anilines is 1. The fraction of sp³-hybridized carbons (Fsp3) is 0.333. The van der Waals surface area contributed by atoms with E-state index in [1.807, 2.05) is 6.92 Å². The number of thiophene rings is 1. The molecule has 0 unspecified atom stereocenters. The third-order valence-corrected chi connectivity index (χ3v) is 8.36. The van der Waals surface area contributed by atoms with Gasteiger partial charge in [-0.3, -0.25) is 4.79 Å². The van der Waals surface area contributed by atoms with Crippen LogP contribution in [0.2, 0.25) is 5.02 Å². The lowest BCUT2D eigenvalue weighted by molar-refractivity contribution is -0.119. The number of nitrogens with one attached hydrogen (secondary N) is 1. The van der Waals surface area contributed by atoms with Crippen LogP contribution in [0.15, 0.2) is 34.5 Å². The molecular weight excluding hydrogens is 456 g/mol. The Morgan fingerprint density at radius 1 is 1.24 bits per heavy atom. The first-order chi connectivity index (χ1) is 13.8. The summed E-state index contributed by atoms with van der Waals surface area (Å²) in [6.45, 7) is 2.11. The van der Waals surface area contributed by atoms with Gasteiger partial charge in [-0.05, 0) is 36.1 Å². The number of carbonyl (C=O) groups is 2. The van der Waals surface area contributed by atoms with Crippen LogP contribution in [0.4, 0.5) is 5.69 Å². The molecule has 1 aliphatic rings. The lowest BCUT2D eigenvalue weighted by Crippen LogP contribution is -2.38. The highest BCUT2D eigenvalue weighted by Crippen LogP contribution is 2.28. The number of thioether (sulfide) groups is 1. The minimum Gasteiger partial charge on any atom is -0.451 e. The molecule has 0 spiro atoms. The number of amides is 1. The molecule has 1 aromatic carbocycles. The van der Waals surface area contributed by atoms with Crippen molar-refractivity contribution in [2.45, 2.75) is 11.8 Å². The van der Waals surface area contributed by atoms with Gasteiger partial charge in [0.05, 0.1) is 10.7 Å². The number of benzene rings is 1. The number of rotatable bonds is 6. The molecule has 2 aromatic rings. The van der Waals surface area contributed by atoms with Crippen LogP contribution in [0.5, 0.6) is 0 Å². The van der Waals surface area contributed by atoms with E-state index in [9.17, 15) is 18.0 Å². The summed E-state index contributed by atoms with van der Waals surface area (Å²) in [6, 6.07) is 6.53. The van der Waals surface area contributed by atoms with Crippen molar-refractivity contribution < 1.29 is 22.7 Å². The van der Waals surface area contributed by atoms with E-state index in [1.54, 1.807) is 30.0 Å². The smallest absolute Gasteiger partial charge is 0.350 e. The molecule has 11 heteroatoms. The molecule has 3 rings (SSSR count). The Morgan fingerprint density at radius 2 is 1.97 bits per heavy atom. The zero-order valence-corrected chi connectivity index (χ0v) is 18.7. The highest BCUT2D eigenvalue weighted by Gasteiger charge is 2.31. The van der Waals surface area contributed by atoms with E-state index in [1.165, 1.54) is 15.8 Å². The van der Waals surface area contributed by atoms with E-state index >= 15 is 0 Å². The second kappa shape index (κ2) is 9.48. The molecule has 156 valence electrons. The summed E-state index contributed by atoms with van der Waals surface area (Å²) in [7, 11) is -3.78. The van der Waals surface area contributed by atoms with E-state index in [2.05, 4.69) is 5.32 Å². The molecule has 1 aliphatic heterocycles. The Morgan fingerprint density at radius 3 is 2.66 bits per heavy atom. The minimum atomic E-state index is -3.78. The number of hydrogen-bond donors (Lipinski definition) is 1. The molecule has 0 aliphatic carbocycles. The van der Waals surface area contributed by atoms with Crippen molar-refractivity contribution in [2.75, 3.05) is 36.5 Å². The van der Waals surface area contributed by atoms with Gasteiger partial charge in [-0.15, -0.1) is 11.3 Å². The van der Waals surface area contributed by atoms with E-state index in [-0.39, 0.29) is 9.77 Å². The van der Waals surface area contributed by atoms with Crippen molar-refractivity contribution in [3.63, 3.8) is 0 Å². The second-order valence-electron chi connectivity index (χ2n) is 6.24. The van der Waals surface area contributed by atoms with E-state index in [0.29, 0.717) is 35.3 Å². The largest absolute Gasteiger partial charge is 0.451 e. The fourth-order valence-corrected chi connectivity index (χ4v) is 6.82. The molecular formula is C18H19ClN2O5S3. The third-order valence-electron chi connectivity index (χ3n) is 4.14. The van der Waals surface area contributed by atoms with Gasteiger partial charge in [-0.25, -0.2) is 13.2 Å². The first kappa shape index (κ1) is 22.1. The number of esters is 1. The van der Waals surface area contributed by atoms with Crippen molar-refractivity contribution in [1.29, 1.82) is 0 Å². The van der Waals surface area contributed by atoms with E-state index in [4.69, 9.17) is 16.3 Å². The molecule has 29 heavy (non-hydrogen) atoms. The average molecular weight is 475 g/mol. The van der Waals surface area contributed by atoms with Crippen LogP contribution in [0.3, 0.4) is 0 Å². The fourth-order valence-electron chi connectivity index (χ4n) is 2.68.